The first-order valence-corrected chi connectivity index (χ1v) is 11.5. The van der Waals surface area contributed by atoms with E-state index in [1.54, 1.807) is 38.1 Å². The van der Waals surface area contributed by atoms with E-state index < -0.39 is 18.0 Å². The highest BCUT2D eigenvalue weighted by atomic mass is 16.5. The van der Waals surface area contributed by atoms with Crippen molar-refractivity contribution in [3.05, 3.63) is 70.8 Å². The van der Waals surface area contributed by atoms with Crippen LogP contribution in [0.4, 0.5) is 0 Å². The molecule has 0 aliphatic heterocycles. The van der Waals surface area contributed by atoms with Crippen LogP contribution in [0.25, 0.3) is 0 Å². The van der Waals surface area contributed by atoms with Gasteiger partial charge in [0.1, 0.15) is 5.84 Å². The molecule has 0 aromatic heterocycles. The smallest absolute Gasteiger partial charge is 0.338 e. The van der Waals surface area contributed by atoms with Crippen molar-refractivity contribution in [2.75, 3.05) is 13.2 Å². The van der Waals surface area contributed by atoms with E-state index in [0.717, 1.165) is 18.4 Å². The Hall–Kier alpha value is -3.68. The Bertz CT molecular complexity index is 971. The van der Waals surface area contributed by atoms with Gasteiger partial charge in [-0.2, -0.15) is 0 Å². The molecule has 0 saturated carbocycles. The van der Waals surface area contributed by atoms with Crippen molar-refractivity contribution in [2.24, 2.45) is 5.73 Å². The van der Waals surface area contributed by atoms with Gasteiger partial charge in [0.25, 0.3) is 0 Å². The number of unbranched alkanes of at least 4 members (excludes halogenated alkanes) is 1. The normalized spacial score (nSPS) is 11.4. The Morgan fingerprint density at radius 2 is 1.53 bits per heavy atom. The summed E-state index contributed by atoms with van der Waals surface area (Å²) in [6.07, 6.45) is 2.65. The molecule has 1 atom stereocenters. The summed E-state index contributed by atoms with van der Waals surface area (Å²) in [4.78, 5) is 36.5. The van der Waals surface area contributed by atoms with E-state index in [1.165, 1.54) is 0 Å². The fourth-order valence-electron chi connectivity index (χ4n) is 3.44. The van der Waals surface area contributed by atoms with Gasteiger partial charge in [-0.3, -0.25) is 15.0 Å². The summed E-state index contributed by atoms with van der Waals surface area (Å²) in [7, 11) is 0. The molecule has 1 amide bonds. The molecular formula is C26H33N3O5. The number of hydrogen-bond acceptors (Lipinski definition) is 6. The van der Waals surface area contributed by atoms with Gasteiger partial charge in [0.2, 0.25) is 5.91 Å². The molecule has 8 nitrogen and oxygen atoms in total. The summed E-state index contributed by atoms with van der Waals surface area (Å²) in [6.45, 7) is 4.01. The Labute approximate surface area is 200 Å². The number of rotatable bonds is 13. The molecule has 4 N–H and O–H groups in total. The number of carbonyl (C=O) groups excluding carboxylic acids is 3. The lowest BCUT2D eigenvalue weighted by molar-refractivity contribution is -0.143. The molecule has 34 heavy (non-hydrogen) atoms. The Morgan fingerprint density at radius 1 is 0.912 bits per heavy atom. The molecule has 2 aromatic carbocycles. The van der Waals surface area contributed by atoms with E-state index in [1.807, 2.05) is 24.3 Å². The molecule has 8 heteroatoms. The SMILES string of the molecule is CCOC(=O)CC(NC(=O)CCCCc1ccc(C(=N)N)cc1)c1ccc(C(=O)OCC)cc1. The van der Waals surface area contributed by atoms with Gasteiger partial charge in [-0.15, -0.1) is 0 Å². The summed E-state index contributed by atoms with van der Waals surface area (Å²) in [6, 6.07) is 13.6. The lowest BCUT2D eigenvalue weighted by atomic mass is 10.0. The van der Waals surface area contributed by atoms with Crippen LogP contribution in [0.1, 0.15) is 72.6 Å². The summed E-state index contributed by atoms with van der Waals surface area (Å²) in [5.74, 6) is -0.945. The number of aryl methyl sites for hydroxylation is 1. The standard InChI is InChI=1S/C26H33N3O5/c1-3-33-24(31)17-22(19-13-15-21(16-14-19)26(32)34-4-2)29-23(30)8-6-5-7-18-9-11-20(12-10-18)25(27)28/h9-16,22H,3-8,17H2,1-2H3,(H3,27,28)(H,29,30). The monoisotopic (exact) mass is 467 g/mol. The number of benzene rings is 2. The Balaban J connectivity index is 1.92. The van der Waals surface area contributed by atoms with Crippen molar-refractivity contribution in [3.63, 3.8) is 0 Å². The minimum Gasteiger partial charge on any atom is -0.466 e. The third-order valence-electron chi connectivity index (χ3n) is 5.22. The van der Waals surface area contributed by atoms with Gasteiger partial charge >= 0.3 is 11.9 Å². The van der Waals surface area contributed by atoms with Crippen molar-refractivity contribution in [1.29, 1.82) is 5.41 Å². The molecule has 0 bridgehead atoms. The third kappa shape index (κ3) is 8.69. The number of hydrogen-bond donors (Lipinski definition) is 3. The number of nitrogen functional groups attached to an aromatic ring is 1. The van der Waals surface area contributed by atoms with Gasteiger partial charge in [-0.05, 0) is 56.4 Å². The molecule has 0 fully saturated rings. The second kappa shape index (κ2) is 13.8. The van der Waals surface area contributed by atoms with Gasteiger partial charge < -0.3 is 20.5 Å². The molecule has 0 aliphatic carbocycles. The highest BCUT2D eigenvalue weighted by molar-refractivity contribution is 5.94. The zero-order chi connectivity index (χ0) is 24.9. The van der Waals surface area contributed by atoms with E-state index in [4.69, 9.17) is 20.6 Å². The third-order valence-corrected chi connectivity index (χ3v) is 5.22. The van der Waals surface area contributed by atoms with Crippen LogP contribution >= 0.6 is 0 Å². The maximum absolute atomic E-state index is 12.6. The van der Waals surface area contributed by atoms with Crippen LogP contribution in [0.15, 0.2) is 48.5 Å². The van der Waals surface area contributed by atoms with Crippen LogP contribution in [0, 0.1) is 5.41 Å². The molecule has 0 radical (unpaired) electrons. The average Bonchev–Trinajstić information content (AvgIpc) is 2.82. The second-order valence-corrected chi connectivity index (χ2v) is 7.79. The lowest BCUT2D eigenvalue weighted by Gasteiger charge is -2.19. The maximum Gasteiger partial charge on any atom is 0.338 e. The second-order valence-electron chi connectivity index (χ2n) is 7.79. The number of amides is 1. The van der Waals surface area contributed by atoms with Crippen LogP contribution in [-0.2, 0) is 25.5 Å². The molecule has 0 saturated heterocycles. The summed E-state index contributed by atoms with van der Waals surface area (Å²) in [5.41, 5.74) is 8.39. The zero-order valence-electron chi connectivity index (χ0n) is 19.8. The van der Waals surface area contributed by atoms with Crippen molar-refractivity contribution >= 4 is 23.7 Å². The first-order chi connectivity index (χ1) is 16.3. The summed E-state index contributed by atoms with van der Waals surface area (Å²) in [5, 5.41) is 10.4. The van der Waals surface area contributed by atoms with Crippen molar-refractivity contribution in [3.8, 4) is 0 Å². The zero-order valence-corrected chi connectivity index (χ0v) is 19.8. The van der Waals surface area contributed by atoms with Crippen molar-refractivity contribution in [1.82, 2.24) is 5.32 Å². The maximum atomic E-state index is 12.6. The largest absolute Gasteiger partial charge is 0.466 e. The van der Waals surface area contributed by atoms with E-state index in [-0.39, 0.29) is 31.4 Å². The van der Waals surface area contributed by atoms with Gasteiger partial charge in [-0.25, -0.2) is 4.79 Å². The van der Waals surface area contributed by atoms with E-state index in [2.05, 4.69) is 5.32 Å². The number of esters is 2. The number of carbonyl (C=O) groups is 3. The molecule has 0 spiro atoms. The van der Waals surface area contributed by atoms with Gasteiger partial charge in [0, 0.05) is 12.0 Å². The van der Waals surface area contributed by atoms with Crippen LogP contribution < -0.4 is 11.1 Å². The lowest BCUT2D eigenvalue weighted by Crippen LogP contribution is -2.30. The molecule has 2 aromatic rings. The predicted molar refractivity (Wildman–Crippen MR) is 130 cm³/mol. The fourth-order valence-corrected chi connectivity index (χ4v) is 3.44. The van der Waals surface area contributed by atoms with E-state index in [9.17, 15) is 14.4 Å². The van der Waals surface area contributed by atoms with E-state index >= 15 is 0 Å². The van der Waals surface area contributed by atoms with Crippen LogP contribution in [-0.4, -0.2) is 36.9 Å². The molecule has 2 rings (SSSR count). The molecule has 0 heterocycles. The minimum atomic E-state index is -0.554. The van der Waals surface area contributed by atoms with Crippen LogP contribution in [0.5, 0.6) is 0 Å². The first-order valence-electron chi connectivity index (χ1n) is 11.5. The fraction of sp³-hybridized carbons (Fsp3) is 0.385. The number of nitrogens with two attached hydrogens (primary N) is 1. The van der Waals surface area contributed by atoms with Gasteiger partial charge in [0.05, 0.1) is 31.2 Å². The predicted octanol–water partition coefficient (Wildman–Crippen LogP) is 3.67. The summed E-state index contributed by atoms with van der Waals surface area (Å²) < 4.78 is 10.0. The number of nitrogens with one attached hydrogen (secondary N) is 2. The quantitative estimate of drug-likeness (QED) is 0.178. The minimum absolute atomic E-state index is 0.000824. The molecule has 0 aliphatic rings. The number of ether oxygens (including phenoxy) is 2. The number of amidine groups is 1. The van der Waals surface area contributed by atoms with E-state index in [0.29, 0.717) is 29.5 Å². The van der Waals surface area contributed by atoms with Crippen molar-refractivity contribution < 1.29 is 23.9 Å². The van der Waals surface area contributed by atoms with Crippen molar-refractivity contribution in [2.45, 2.75) is 52.0 Å². The van der Waals surface area contributed by atoms with Gasteiger partial charge in [0.15, 0.2) is 0 Å². The summed E-state index contributed by atoms with van der Waals surface area (Å²) >= 11 is 0. The average molecular weight is 468 g/mol. The highest BCUT2D eigenvalue weighted by Gasteiger charge is 2.20. The first kappa shape index (κ1) is 26.6. The van der Waals surface area contributed by atoms with Crippen LogP contribution in [0.3, 0.4) is 0 Å². The topological polar surface area (TPSA) is 132 Å². The Kier molecular flexibility index (Phi) is 10.8. The Morgan fingerprint density at radius 3 is 2.12 bits per heavy atom. The molecular weight excluding hydrogens is 434 g/mol. The molecule has 1 unspecified atom stereocenters. The van der Waals surface area contributed by atoms with Crippen LogP contribution in [0.2, 0.25) is 0 Å². The molecule has 182 valence electrons. The highest BCUT2D eigenvalue weighted by Crippen LogP contribution is 2.20. The van der Waals surface area contributed by atoms with Gasteiger partial charge in [-0.1, -0.05) is 36.4 Å².